The summed E-state index contributed by atoms with van der Waals surface area (Å²) in [6.07, 6.45) is 3.23. The molecule has 0 spiro atoms. The van der Waals surface area contributed by atoms with Gasteiger partial charge in [-0.05, 0) is 71.8 Å². The summed E-state index contributed by atoms with van der Waals surface area (Å²) in [4.78, 5) is 27.2. The van der Waals surface area contributed by atoms with Crippen LogP contribution in [0, 0.1) is 0 Å². The van der Waals surface area contributed by atoms with Crippen LogP contribution in [0.15, 0.2) is 65.3 Å². The Kier molecular flexibility index (Phi) is 5.20. The number of carbonyl (C=O) groups is 2. The number of hydrogen-bond donors (Lipinski definition) is 1. The molecule has 154 valence electrons. The van der Waals surface area contributed by atoms with Crippen molar-refractivity contribution in [3.63, 3.8) is 0 Å². The Morgan fingerprint density at radius 2 is 1.80 bits per heavy atom. The molecule has 2 aromatic carbocycles. The molecule has 0 atom stereocenters. The highest BCUT2D eigenvalue weighted by Gasteiger charge is 2.25. The summed E-state index contributed by atoms with van der Waals surface area (Å²) in [5.74, 6) is 0.0466. The van der Waals surface area contributed by atoms with Gasteiger partial charge in [-0.25, -0.2) is 0 Å². The van der Waals surface area contributed by atoms with Gasteiger partial charge in [0.15, 0.2) is 5.76 Å². The van der Waals surface area contributed by atoms with Crippen molar-refractivity contribution in [2.24, 2.45) is 0 Å². The van der Waals surface area contributed by atoms with Gasteiger partial charge in [0.05, 0.1) is 6.26 Å². The Bertz CT molecular complexity index is 1060. The van der Waals surface area contributed by atoms with E-state index in [0.29, 0.717) is 17.9 Å². The zero-order valence-corrected chi connectivity index (χ0v) is 17.6. The van der Waals surface area contributed by atoms with E-state index in [1.165, 1.54) is 11.8 Å². The maximum Gasteiger partial charge on any atom is 0.293 e. The van der Waals surface area contributed by atoms with Crippen LogP contribution in [0.25, 0.3) is 0 Å². The summed E-state index contributed by atoms with van der Waals surface area (Å²) in [5.41, 5.74) is 4.50. The number of furan rings is 1. The molecule has 0 radical (unpaired) electrons. The molecule has 5 nitrogen and oxygen atoms in total. The van der Waals surface area contributed by atoms with Crippen molar-refractivity contribution < 1.29 is 14.0 Å². The lowest BCUT2D eigenvalue weighted by Crippen LogP contribution is -2.35. The average Bonchev–Trinajstić information content (AvgIpc) is 3.27. The predicted octanol–water partition coefficient (Wildman–Crippen LogP) is 5.42. The first-order valence-corrected chi connectivity index (χ1v) is 10.2. The lowest BCUT2D eigenvalue weighted by atomic mass is 9.87. The van der Waals surface area contributed by atoms with Crippen LogP contribution in [0.2, 0.25) is 0 Å². The normalized spacial score (nSPS) is 13.6. The number of anilines is 2. The number of carbonyl (C=O) groups excluding carboxylic acids is 2. The average molecular weight is 402 g/mol. The fourth-order valence-electron chi connectivity index (χ4n) is 3.74. The first kappa shape index (κ1) is 20.0. The molecule has 1 aliphatic rings. The van der Waals surface area contributed by atoms with Gasteiger partial charge >= 0.3 is 0 Å². The molecule has 1 aromatic heterocycles. The molecular weight excluding hydrogens is 376 g/mol. The van der Waals surface area contributed by atoms with Crippen LogP contribution < -0.4 is 10.2 Å². The van der Waals surface area contributed by atoms with Crippen molar-refractivity contribution in [1.82, 2.24) is 0 Å². The van der Waals surface area contributed by atoms with Gasteiger partial charge in [0.25, 0.3) is 11.8 Å². The van der Waals surface area contributed by atoms with Crippen molar-refractivity contribution in [3.8, 4) is 0 Å². The molecule has 0 saturated heterocycles. The smallest absolute Gasteiger partial charge is 0.293 e. The van der Waals surface area contributed by atoms with Gasteiger partial charge < -0.3 is 14.6 Å². The SMILES string of the molecule is CC(C)(C)c1ccc(C(=O)Nc2ccc3c(c2)CCCN3C(=O)c2ccco2)cc1. The zero-order chi connectivity index (χ0) is 21.3. The molecule has 1 aliphatic heterocycles. The van der Waals surface area contributed by atoms with Crippen LogP contribution in [0.3, 0.4) is 0 Å². The third-order valence-corrected chi connectivity index (χ3v) is 5.45. The molecule has 30 heavy (non-hydrogen) atoms. The van der Waals surface area contributed by atoms with Gasteiger partial charge in [0, 0.05) is 23.5 Å². The topological polar surface area (TPSA) is 62.6 Å². The Hall–Kier alpha value is -3.34. The second-order valence-electron chi connectivity index (χ2n) is 8.66. The minimum Gasteiger partial charge on any atom is -0.459 e. The number of nitrogens with zero attached hydrogens (tertiary/aromatic N) is 1. The van der Waals surface area contributed by atoms with Gasteiger partial charge in [0.1, 0.15) is 0 Å². The standard InChI is InChI=1S/C25H26N2O3/c1-25(2,3)19-10-8-17(9-11-19)23(28)26-20-12-13-21-18(16-20)6-4-14-27(21)24(29)22-7-5-15-30-22/h5,7-13,15-16H,4,6,14H2,1-3H3,(H,26,28). The van der Waals surface area contributed by atoms with E-state index in [-0.39, 0.29) is 17.2 Å². The highest BCUT2D eigenvalue weighted by molar-refractivity contribution is 6.06. The van der Waals surface area contributed by atoms with E-state index < -0.39 is 0 Å². The van der Waals surface area contributed by atoms with Crippen molar-refractivity contribution in [3.05, 3.63) is 83.3 Å². The maximum atomic E-state index is 12.7. The summed E-state index contributed by atoms with van der Waals surface area (Å²) >= 11 is 0. The second-order valence-corrected chi connectivity index (χ2v) is 8.66. The largest absolute Gasteiger partial charge is 0.459 e. The predicted molar refractivity (Wildman–Crippen MR) is 118 cm³/mol. The van der Waals surface area contributed by atoms with Crippen LogP contribution in [0.1, 0.15) is 59.2 Å². The summed E-state index contributed by atoms with van der Waals surface area (Å²) in [5, 5.41) is 2.98. The number of amides is 2. The highest BCUT2D eigenvalue weighted by atomic mass is 16.3. The number of benzene rings is 2. The molecule has 0 bridgehead atoms. The van der Waals surface area contributed by atoms with Crippen molar-refractivity contribution in [2.75, 3.05) is 16.8 Å². The van der Waals surface area contributed by atoms with Crippen molar-refractivity contribution >= 4 is 23.2 Å². The molecule has 0 unspecified atom stereocenters. The summed E-state index contributed by atoms with van der Waals surface area (Å²) in [6, 6.07) is 16.8. The maximum absolute atomic E-state index is 12.7. The summed E-state index contributed by atoms with van der Waals surface area (Å²) in [6.45, 7) is 7.09. The van der Waals surface area contributed by atoms with Crippen LogP contribution in [-0.2, 0) is 11.8 Å². The van der Waals surface area contributed by atoms with Crippen LogP contribution in [-0.4, -0.2) is 18.4 Å². The Balaban J connectivity index is 1.51. The third kappa shape index (κ3) is 4.01. The monoisotopic (exact) mass is 402 g/mol. The highest BCUT2D eigenvalue weighted by Crippen LogP contribution is 2.31. The molecular formula is C25H26N2O3. The fourth-order valence-corrected chi connectivity index (χ4v) is 3.74. The van der Waals surface area contributed by atoms with E-state index in [1.54, 1.807) is 17.0 Å². The number of rotatable bonds is 3. The first-order chi connectivity index (χ1) is 14.3. The minimum absolute atomic E-state index is 0.0481. The molecule has 3 aromatic rings. The molecule has 0 saturated carbocycles. The minimum atomic E-state index is -0.144. The van der Waals surface area contributed by atoms with Crippen molar-refractivity contribution in [2.45, 2.75) is 39.0 Å². The Morgan fingerprint density at radius 1 is 1.03 bits per heavy atom. The van der Waals surface area contributed by atoms with E-state index in [4.69, 9.17) is 4.42 Å². The quantitative estimate of drug-likeness (QED) is 0.636. The Morgan fingerprint density at radius 3 is 2.47 bits per heavy atom. The lowest BCUT2D eigenvalue weighted by molar-refractivity contribution is 0.0957. The van der Waals surface area contributed by atoms with E-state index >= 15 is 0 Å². The number of hydrogen-bond acceptors (Lipinski definition) is 3. The Labute approximate surface area is 176 Å². The van der Waals surface area contributed by atoms with Crippen molar-refractivity contribution in [1.29, 1.82) is 0 Å². The molecule has 5 heteroatoms. The van der Waals surface area contributed by atoms with Crippen LogP contribution in [0.5, 0.6) is 0 Å². The van der Waals surface area contributed by atoms with E-state index in [9.17, 15) is 9.59 Å². The summed E-state index contributed by atoms with van der Waals surface area (Å²) < 4.78 is 5.27. The molecule has 0 fully saturated rings. The van der Waals surface area contributed by atoms with Gasteiger partial charge in [-0.3, -0.25) is 9.59 Å². The number of fused-ring (bicyclic) bond motifs is 1. The zero-order valence-electron chi connectivity index (χ0n) is 17.6. The molecule has 2 amide bonds. The third-order valence-electron chi connectivity index (χ3n) is 5.45. The van der Waals surface area contributed by atoms with Gasteiger partial charge in [0.2, 0.25) is 0 Å². The second kappa shape index (κ2) is 7.82. The van der Waals surface area contributed by atoms with Crippen LogP contribution >= 0.6 is 0 Å². The molecule has 2 heterocycles. The van der Waals surface area contributed by atoms with E-state index in [0.717, 1.165) is 29.8 Å². The first-order valence-electron chi connectivity index (χ1n) is 10.2. The van der Waals surface area contributed by atoms with Gasteiger partial charge in [-0.2, -0.15) is 0 Å². The number of nitrogens with one attached hydrogen (secondary N) is 1. The summed E-state index contributed by atoms with van der Waals surface area (Å²) in [7, 11) is 0. The van der Waals surface area contributed by atoms with E-state index in [1.807, 2.05) is 42.5 Å². The lowest BCUT2D eigenvalue weighted by Gasteiger charge is -2.29. The van der Waals surface area contributed by atoms with Crippen LogP contribution in [0.4, 0.5) is 11.4 Å². The van der Waals surface area contributed by atoms with Gasteiger partial charge in [-0.15, -0.1) is 0 Å². The number of aryl methyl sites for hydroxylation is 1. The fraction of sp³-hybridized carbons (Fsp3) is 0.280. The molecule has 1 N–H and O–H groups in total. The molecule has 0 aliphatic carbocycles. The van der Waals surface area contributed by atoms with E-state index in [2.05, 4.69) is 26.1 Å². The molecule has 4 rings (SSSR count). The van der Waals surface area contributed by atoms with Gasteiger partial charge in [-0.1, -0.05) is 32.9 Å².